The van der Waals surface area contributed by atoms with Crippen LogP contribution in [0.2, 0.25) is 0 Å². The van der Waals surface area contributed by atoms with E-state index in [-0.39, 0.29) is 23.1 Å². The molecule has 0 radical (unpaired) electrons. The normalized spacial score (nSPS) is 19.5. The lowest BCUT2D eigenvalue weighted by Gasteiger charge is -2.29. The number of terminal acetylenes is 2. The highest BCUT2D eigenvalue weighted by atomic mass is 16.2. The molecule has 0 saturated heterocycles. The second kappa shape index (κ2) is 9.14. The number of imide groups is 2. The quantitative estimate of drug-likeness (QED) is 0.215. The molecule has 1 unspecified atom stereocenters. The summed E-state index contributed by atoms with van der Waals surface area (Å²) in [5.41, 5.74) is 5.87. The molecule has 3 aliphatic rings. The minimum atomic E-state index is -0.400. The maximum Gasteiger partial charge on any atom is 0.266 e. The van der Waals surface area contributed by atoms with E-state index in [0.717, 1.165) is 23.1 Å². The van der Waals surface area contributed by atoms with Crippen LogP contribution in [0.3, 0.4) is 0 Å². The van der Waals surface area contributed by atoms with Crippen molar-refractivity contribution in [2.75, 3.05) is 9.80 Å². The SMILES string of the molecule is C#Cc1ccc2c(c1)C(=O)N(c1ccc(C3(C)CC(C)(C)c4cc(N5C(=O)c6ccc(C#C)cc6C5=O)ccc43)cc1)C2=O. The molecule has 44 heavy (non-hydrogen) atoms. The molecule has 1 atom stereocenters. The Morgan fingerprint density at radius 3 is 1.57 bits per heavy atom. The number of amides is 4. The summed E-state index contributed by atoms with van der Waals surface area (Å²) in [6.07, 6.45) is 11.8. The van der Waals surface area contributed by atoms with E-state index in [2.05, 4.69) is 32.6 Å². The highest BCUT2D eigenvalue weighted by Crippen LogP contribution is 2.54. The van der Waals surface area contributed by atoms with Gasteiger partial charge in [0.2, 0.25) is 0 Å². The fraction of sp³-hybridized carbons (Fsp3) is 0.158. The number of rotatable bonds is 3. The Balaban J connectivity index is 1.22. The second-order valence-corrected chi connectivity index (χ2v) is 12.4. The van der Waals surface area contributed by atoms with E-state index in [1.54, 1.807) is 48.5 Å². The van der Waals surface area contributed by atoms with Crippen LogP contribution in [0, 0.1) is 24.7 Å². The van der Waals surface area contributed by atoms with Crippen molar-refractivity contribution in [2.45, 2.75) is 38.0 Å². The lowest BCUT2D eigenvalue weighted by atomic mass is 9.75. The molecule has 0 saturated carbocycles. The van der Waals surface area contributed by atoms with Gasteiger partial charge in [0.05, 0.1) is 33.6 Å². The van der Waals surface area contributed by atoms with Gasteiger partial charge >= 0.3 is 0 Å². The summed E-state index contributed by atoms with van der Waals surface area (Å²) in [4.78, 5) is 55.4. The largest absolute Gasteiger partial charge is 0.268 e. The summed E-state index contributed by atoms with van der Waals surface area (Å²) < 4.78 is 0. The van der Waals surface area contributed by atoms with Crippen LogP contribution in [0.5, 0.6) is 0 Å². The van der Waals surface area contributed by atoms with Gasteiger partial charge in [0.1, 0.15) is 0 Å². The molecule has 0 spiro atoms. The Morgan fingerprint density at radius 1 is 0.568 bits per heavy atom. The highest BCUT2D eigenvalue weighted by molar-refractivity contribution is 6.35. The first-order valence-electron chi connectivity index (χ1n) is 14.2. The minimum Gasteiger partial charge on any atom is -0.268 e. The molecule has 7 rings (SSSR count). The molecule has 1 aliphatic carbocycles. The lowest BCUT2D eigenvalue weighted by Crippen LogP contribution is -2.30. The maximum atomic E-state index is 13.4. The van der Waals surface area contributed by atoms with Crippen molar-refractivity contribution in [1.29, 1.82) is 0 Å². The molecule has 2 aliphatic heterocycles. The van der Waals surface area contributed by atoms with E-state index in [1.165, 1.54) is 9.80 Å². The Bertz CT molecular complexity index is 2090. The number of anilines is 2. The van der Waals surface area contributed by atoms with Crippen LogP contribution in [0.25, 0.3) is 0 Å². The van der Waals surface area contributed by atoms with Crippen LogP contribution >= 0.6 is 0 Å². The van der Waals surface area contributed by atoms with E-state index in [1.807, 2.05) is 30.3 Å². The zero-order chi connectivity index (χ0) is 31.1. The van der Waals surface area contributed by atoms with Gasteiger partial charge in [0.15, 0.2) is 0 Å². The molecule has 6 heteroatoms. The van der Waals surface area contributed by atoms with Gasteiger partial charge in [-0.2, -0.15) is 0 Å². The summed E-state index contributed by atoms with van der Waals surface area (Å²) in [6, 6.07) is 23.0. The third-order valence-corrected chi connectivity index (χ3v) is 9.25. The second-order valence-electron chi connectivity index (χ2n) is 12.4. The van der Waals surface area contributed by atoms with Gasteiger partial charge in [-0.05, 0) is 89.2 Å². The Hall–Kier alpha value is -5.72. The molecule has 212 valence electrons. The fourth-order valence-electron chi connectivity index (χ4n) is 7.15. The summed E-state index contributed by atoms with van der Waals surface area (Å²) in [6.45, 7) is 6.47. The van der Waals surface area contributed by atoms with Crippen LogP contribution in [0.1, 0.15) is 96.4 Å². The molecule has 4 amide bonds. The zero-order valence-electron chi connectivity index (χ0n) is 24.4. The lowest BCUT2D eigenvalue weighted by molar-refractivity contribution is 0.0910. The zero-order valence-corrected chi connectivity index (χ0v) is 24.4. The third kappa shape index (κ3) is 3.65. The van der Waals surface area contributed by atoms with Crippen molar-refractivity contribution in [2.24, 2.45) is 0 Å². The predicted molar refractivity (Wildman–Crippen MR) is 168 cm³/mol. The summed E-state index contributed by atoms with van der Waals surface area (Å²) in [5.74, 6) is 3.50. The number of carbonyl (C=O) groups excluding carboxylic acids is 4. The maximum absolute atomic E-state index is 13.4. The van der Waals surface area contributed by atoms with Crippen LogP contribution in [0.4, 0.5) is 11.4 Å². The first kappa shape index (κ1) is 27.1. The van der Waals surface area contributed by atoms with Gasteiger partial charge < -0.3 is 0 Å². The molecular weight excluding hydrogens is 548 g/mol. The van der Waals surface area contributed by atoms with Crippen molar-refractivity contribution < 1.29 is 19.2 Å². The molecule has 2 heterocycles. The van der Waals surface area contributed by atoms with Crippen LogP contribution in [-0.2, 0) is 10.8 Å². The van der Waals surface area contributed by atoms with Gasteiger partial charge in [-0.1, -0.05) is 50.8 Å². The summed E-state index contributed by atoms with van der Waals surface area (Å²) in [7, 11) is 0. The van der Waals surface area contributed by atoms with Crippen LogP contribution < -0.4 is 9.80 Å². The van der Waals surface area contributed by atoms with E-state index in [4.69, 9.17) is 12.8 Å². The third-order valence-electron chi connectivity index (χ3n) is 9.25. The summed E-state index contributed by atoms with van der Waals surface area (Å²) >= 11 is 0. The van der Waals surface area contributed by atoms with Crippen LogP contribution in [0.15, 0.2) is 78.9 Å². The van der Waals surface area contributed by atoms with E-state index in [9.17, 15) is 19.2 Å². The van der Waals surface area contributed by atoms with E-state index < -0.39 is 11.3 Å². The average molecular weight is 575 g/mol. The van der Waals surface area contributed by atoms with E-state index >= 15 is 0 Å². The van der Waals surface area contributed by atoms with Gasteiger partial charge in [-0.15, -0.1) is 12.8 Å². The molecule has 4 aromatic rings. The van der Waals surface area contributed by atoms with Gasteiger partial charge in [0, 0.05) is 16.5 Å². The Kier molecular flexibility index (Phi) is 5.64. The highest BCUT2D eigenvalue weighted by Gasteiger charge is 2.47. The van der Waals surface area contributed by atoms with Crippen molar-refractivity contribution in [3.05, 3.63) is 129 Å². The van der Waals surface area contributed by atoms with Gasteiger partial charge in [0.25, 0.3) is 23.6 Å². The number of hydrogen-bond donors (Lipinski definition) is 0. The Labute approximate surface area is 255 Å². The van der Waals surface area contributed by atoms with E-state index in [0.29, 0.717) is 44.8 Å². The summed E-state index contributed by atoms with van der Waals surface area (Å²) in [5, 5.41) is 0. The fourth-order valence-corrected chi connectivity index (χ4v) is 7.15. The number of hydrogen-bond acceptors (Lipinski definition) is 4. The van der Waals surface area contributed by atoms with Gasteiger partial charge in [-0.3, -0.25) is 19.2 Å². The van der Waals surface area contributed by atoms with Crippen molar-refractivity contribution >= 4 is 35.0 Å². The average Bonchev–Trinajstić information content (AvgIpc) is 3.52. The van der Waals surface area contributed by atoms with Crippen molar-refractivity contribution in [3.8, 4) is 24.7 Å². The molecule has 6 nitrogen and oxygen atoms in total. The van der Waals surface area contributed by atoms with Crippen molar-refractivity contribution in [1.82, 2.24) is 0 Å². The molecule has 0 aromatic heterocycles. The van der Waals surface area contributed by atoms with Crippen molar-refractivity contribution in [3.63, 3.8) is 0 Å². The molecular formula is C38H26N2O4. The predicted octanol–water partition coefficient (Wildman–Crippen LogP) is 6.24. The first-order valence-corrected chi connectivity index (χ1v) is 14.2. The Morgan fingerprint density at radius 2 is 1.05 bits per heavy atom. The molecule has 0 fully saturated rings. The molecule has 0 bridgehead atoms. The monoisotopic (exact) mass is 574 g/mol. The number of fused-ring (bicyclic) bond motifs is 3. The number of nitrogens with zero attached hydrogens (tertiary/aromatic N) is 2. The van der Waals surface area contributed by atoms with Gasteiger partial charge in [-0.25, -0.2) is 9.80 Å². The number of carbonyl (C=O) groups is 4. The number of benzene rings is 4. The van der Waals surface area contributed by atoms with Crippen LogP contribution in [-0.4, -0.2) is 23.6 Å². The smallest absolute Gasteiger partial charge is 0.266 e. The first-order chi connectivity index (χ1) is 21.0. The standard InChI is InChI=1S/C38H26N2O4/c1-6-22-8-15-27-29(18-22)35(43)39(33(27)41)25-12-10-24(11-13-25)38(5)21-37(3,4)32-20-26(14-17-31(32)38)40-34(42)28-16-9-23(7-2)19-30(28)36(40)44/h1-2,8-20H,21H2,3-5H3. The minimum absolute atomic E-state index is 0.272. The molecule has 4 aromatic carbocycles. The molecule has 0 N–H and O–H groups in total. The topological polar surface area (TPSA) is 74.8 Å².